The summed E-state index contributed by atoms with van der Waals surface area (Å²) in [6.45, 7) is 0.718. The van der Waals surface area contributed by atoms with Crippen LogP contribution in [0.15, 0.2) is 51.5 Å². The molecule has 0 unspecified atom stereocenters. The molecule has 0 radical (unpaired) electrons. The molecule has 1 N–H and O–H groups in total. The maximum absolute atomic E-state index is 4.26. The lowest BCUT2D eigenvalue weighted by Gasteiger charge is -2.08. The molecule has 0 fully saturated rings. The van der Waals surface area contributed by atoms with E-state index in [4.69, 9.17) is 0 Å². The average molecular weight is 342 g/mol. The molecule has 0 amide bonds. The summed E-state index contributed by atoms with van der Waals surface area (Å²) < 4.78 is 2.10. The Bertz CT molecular complexity index is 472. The van der Waals surface area contributed by atoms with Crippen molar-refractivity contribution in [2.24, 2.45) is 0 Å². The molecule has 2 nitrogen and oxygen atoms in total. The third kappa shape index (κ3) is 3.06. The molecule has 82 valence electrons. The first-order valence-electron chi connectivity index (χ1n) is 4.84. The van der Waals surface area contributed by atoms with Crippen LogP contribution in [0.25, 0.3) is 0 Å². The minimum absolute atomic E-state index is 0.718. The van der Waals surface area contributed by atoms with Crippen LogP contribution < -0.4 is 5.32 Å². The van der Waals surface area contributed by atoms with Crippen molar-refractivity contribution in [2.45, 2.75) is 6.54 Å². The fourth-order valence-electron chi connectivity index (χ4n) is 1.32. The number of nitrogens with zero attached hydrogens (tertiary/aromatic N) is 1. The van der Waals surface area contributed by atoms with E-state index in [1.165, 1.54) is 0 Å². The van der Waals surface area contributed by atoms with E-state index in [9.17, 15) is 0 Å². The van der Waals surface area contributed by atoms with Crippen LogP contribution in [0.5, 0.6) is 0 Å². The Morgan fingerprint density at radius 2 is 2.00 bits per heavy atom. The summed E-state index contributed by atoms with van der Waals surface area (Å²) >= 11 is 6.95. The molecule has 16 heavy (non-hydrogen) atoms. The lowest BCUT2D eigenvalue weighted by molar-refractivity contribution is 1.04. The molecule has 0 aliphatic heterocycles. The van der Waals surface area contributed by atoms with Crippen LogP contribution in [-0.2, 0) is 6.54 Å². The van der Waals surface area contributed by atoms with Crippen molar-refractivity contribution in [3.8, 4) is 0 Å². The molecule has 4 heteroatoms. The number of hydrogen-bond acceptors (Lipinski definition) is 2. The van der Waals surface area contributed by atoms with Gasteiger partial charge in [0, 0.05) is 20.8 Å². The quantitative estimate of drug-likeness (QED) is 0.904. The summed E-state index contributed by atoms with van der Waals surface area (Å²) in [7, 11) is 0. The Morgan fingerprint density at radius 3 is 2.75 bits per heavy atom. The Morgan fingerprint density at radius 1 is 1.12 bits per heavy atom. The van der Waals surface area contributed by atoms with Gasteiger partial charge in [0.1, 0.15) is 0 Å². The Kier molecular flexibility index (Phi) is 3.96. The van der Waals surface area contributed by atoms with Crippen molar-refractivity contribution < 1.29 is 0 Å². The SMILES string of the molecule is Brc1ccc(Br)c(NCc2ccccn2)c1. The molecule has 0 bridgehead atoms. The molecular formula is C12H10Br2N2. The minimum atomic E-state index is 0.718. The van der Waals surface area contributed by atoms with Crippen molar-refractivity contribution in [3.05, 3.63) is 57.2 Å². The molecule has 1 heterocycles. The van der Waals surface area contributed by atoms with Gasteiger partial charge >= 0.3 is 0 Å². The zero-order valence-electron chi connectivity index (χ0n) is 8.45. The zero-order valence-corrected chi connectivity index (χ0v) is 11.6. The van der Waals surface area contributed by atoms with Crippen molar-refractivity contribution in [3.63, 3.8) is 0 Å². The maximum Gasteiger partial charge on any atom is 0.0594 e. The van der Waals surface area contributed by atoms with E-state index >= 15 is 0 Å². The summed E-state index contributed by atoms with van der Waals surface area (Å²) in [6, 6.07) is 11.9. The fourth-order valence-corrected chi connectivity index (χ4v) is 2.07. The van der Waals surface area contributed by atoms with Crippen molar-refractivity contribution >= 4 is 37.5 Å². The predicted molar refractivity (Wildman–Crippen MR) is 73.4 cm³/mol. The van der Waals surface area contributed by atoms with E-state index < -0.39 is 0 Å². The number of aromatic nitrogens is 1. The second-order valence-corrected chi connectivity index (χ2v) is 5.07. The molecule has 0 aliphatic rings. The fraction of sp³-hybridized carbons (Fsp3) is 0.0833. The van der Waals surface area contributed by atoms with Gasteiger partial charge in [-0.2, -0.15) is 0 Å². The van der Waals surface area contributed by atoms with Crippen LogP contribution in [0.4, 0.5) is 5.69 Å². The monoisotopic (exact) mass is 340 g/mol. The van der Waals surface area contributed by atoms with E-state index in [1.54, 1.807) is 6.20 Å². The highest BCUT2D eigenvalue weighted by molar-refractivity contribution is 9.11. The van der Waals surface area contributed by atoms with Crippen LogP contribution in [0, 0.1) is 0 Å². The minimum Gasteiger partial charge on any atom is -0.378 e. The highest BCUT2D eigenvalue weighted by Gasteiger charge is 2.00. The largest absolute Gasteiger partial charge is 0.378 e. The lowest BCUT2D eigenvalue weighted by atomic mass is 10.3. The van der Waals surface area contributed by atoms with Gasteiger partial charge in [-0.1, -0.05) is 22.0 Å². The number of pyridine rings is 1. The molecular weight excluding hydrogens is 332 g/mol. The van der Waals surface area contributed by atoms with E-state index in [-0.39, 0.29) is 0 Å². The van der Waals surface area contributed by atoms with Crippen LogP contribution in [0.1, 0.15) is 5.69 Å². The lowest BCUT2D eigenvalue weighted by Crippen LogP contribution is -2.01. The third-order valence-corrected chi connectivity index (χ3v) is 3.30. The molecule has 0 saturated heterocycles. The van der Waals surface area contributed by atoms with Crippen LogP contribution in [0.3, 0.4) is 0 Å². The van der Waals surface area contributed by atoms with Gasteiger partial charge in [0.15, 0.2) is 0 Å². The number of benzene rings is 1. The summed E-state index contributed by atoms with van der Waals surface area (Å²) in [5.41, 5.74) is 2.08. The van der Waals surface area contributed by atoms with Crippen LogP contribution in [0.2, 0.25) is 0 Å². The van der Waals surface area contributed by atoms with Gasteiger partial charge in [0.2, 0.25) is 0 Å². The van der Waals surface area contributed by atoms with Crippen molar-refractivity contribution in [1.82, 2.24) is 4.98 Å². The first-order chi connectivity index (χ1) is 7.75. The van der Waals surface area contributed by atoms with Gasteiger partial charge in [0.05, 0.1) is 12.2 Å². The van der Waals surface area contributed by atoms with Gasteiger partial charge in [-0.25, -0.2) is 0 Å². The molecule has 2 aromatic rings. The van der Waals surface area contributed by atoms with Gasteiger partial charge < -0.3 is 5.32 Å². The highest BCUT2D eigenvalue weighted by atomic mass is 79.9. The Labute approximate surface area is 111 Å². The van der Waals surface area contributed by atoms with Gasteiger partial charge in [-0.15, -0.1) is 0 Å². The second kappa shape index (κ2) is 5.46. The summed E-state index contributed by atoms with van der Waals surface area (Å²) in [5, 5.41) is 3.33. The first kappa shape index (κ1) is 11.6. The van der Waals surface area contributed by atoms with Crippen LogP contribution in [-0.4, -0.2) is 4.98 Å². The molecule has 0 aliphatic carbocycles. The first-order valence-corrected chi connectivity index (χ1v) is 6.43. The zero-order chi connectivity index (χ0) is 11.4. The standard InChI is InChI=1S/C12H10Br2N2/c13-9-4-5-11(14)12(7-9)16-8-10-3-1-2-6-15-10/h1-7,16H,8H2. The van der Waals surface area contributed by atoms with Crippen molar-refractivity contribution in [2.75, 3.05) is 5.32 Å². The van der Waals surface area contributed by atoms with E-state index in [0.717, 1.165) is 26.9 Å². The van der Waals surface area contributed by atoms with Gasteiger partial charge in [-0.05, 0) is 46.3 Å². The number of nitrogens with one attached hydrogen (secondary N) is 1. The average Bonchev–Trinajstić information content (AvgIpc) is 2.32. The molecule has 0 saturated carbocycles. The predicted octanol–water partition coefficient (Wildman–Crippen LogP) is 4.22. The van der Waals surface area contributed by atoms with Crippen molar-refractivity contribution in [1.29, 1.82) is 0 Å². The number of rotatable bonds is 3. The second-order valence-electron chi connectivity index (χ2n) is 3.30. The van der Waals surface area contributed by atoms with E-state index in [1.807, 2.05) is 36.4 Å². The van der Waals surface area contributed by atoms with Gasteiger partial charge in [0.25, 0.3) is 0 Å². The smallest absolute Gasteiger partial charge is 0.0594 e. The maximum atomic E-state index is 4.26. The summed E-state index contributed by atoms with van der Waals surface area (Å²) in [4.78, 5) is 4.26. The molecule has 1 aromatic heterocycles. The number of anilines is 1. The number of hydrogen-bond donors (Lipinski definition) is 1. The molecule has 1 aromatic carbocycles. The Hall–Kier alpha value is -0.870. The van der Waals surface area contributed by atoms with E-state index in [0.29, 0.717) is 0 Å². The molecule has 0 atom stereocenters. The van der Waals surface area contributed by atoms with Crippen LogP contribution >= 0.6 is 31.9 Å². The normalized spacial score (nSPS) is 10.1. The van der Waals surface area contributed by atoms with Gasteiger partial charge in [-0.3, -0.25) is 4.98 Å². The summed E-state index contributed by atoms with van der Waals surface area (Å²) in [5.74, 6) is 0. The Balaban J connectivity index is 2.08. The topological polar surface area (TPSA) is 24.9 Å². The molecule has 2 rings (SSSR count). The molecule has 0 spiro atoms. The van der Waals surface area contributed by atoms with E-state index in [2.05, 4.69) is 42.2 Å². The third-order valence-electron chi connectivity index (χ3n) is 2.11. The summed E-state index contributed by atoms with van der Waals surface area (Å²) in [6.07, 6.45) is 1.80. The highest BCUT2D eigenvalue weighted by Crippen LogP contribution is 2.26. The number of halogens is 2.